The van der Waals surface area contributed by atoms with E-state index >= 15 is 0 Å². The van der Waals surface area contributed by atoms with Crippen LogP contribution in [0.5, 0.6) is 0 Å². The van der Waals surface area contributed by atoms with Crippen molar-refractivity contribution in [3.8, 4) is 0 Å². The zero-order valence-corrected chi connectivity index (χ0v) is 16.2. The average Bonchev–Trinajstić information content (AvgIpc) is 3.26. The Morgan fingerprint density at radius 2 is 2.04 bits per heavy atom. The molecule has 1 aliphatic carbocycles. The number of hydrogen-bond donors (Lipinski definition) is 1. The van der Waals surface area contributed by atoms with Crippen molar-refractivity contribution in [2.45, 2.75) is 51.1 Å². The summed E-state index contributed by atoms with van der Waals surface area (Å²) in [5, 5.41) is 4.22. The number of H-pyrrole nitrogens is 1. The fraction of sp³-hybridized carbons (Fsp3) is 0.600. The number of nitrogens with zero attached hydrogens (tertiary/aromatic N) is 5. The molecule has 2 fully saturated rings. The van der Waals surface area contributed by atoms with E-state index in [0.717, 1.165) is 50.0 Å². The predicted molar refractivity (Wildman–Crippen MR) is 101 cm³/mol. The van der Waals surface area contributed by atoms with Gasteiger partial charge in [0, 0.05) is 50.4 Å². The Hall–Kier alpha value is -2.64. The number of nitrogens with one attached hydrogen (secondary N) is 1. The highest BCUT2D eigenvalue weighted by Gasteiger charge is 2.51. The Morgan fingerprint density at radius 1 is 1.25 bits per heavy atom. The number of hydrogen-bond acceptors (Lipinski definition) is 4. The number of carbonyl (C=O) groups excluding carboxylic acids is 2. The third kappa shape index (κ3) is 2.57. The van der Waals surface area contributed by atoms with Crippen molar-refractivity contribution in [3.05, 3.63) is 35.7 Å². The smallest absolute Gasteiger partial charge is 0.272 e. The van der Waals surface area contributed by atoms with E-state index in [2.05, 4.69) is 20.0 Å². The molecule has 3 aliphatic rings. The van der Waals surface area contributed by atoms with Crippen molar-refractivity contribution < 1.29 is 9.59 Å². The third-order valence-electron chi connectivity index (χ3n) is 6.57. The summed E-state index contributed by atoms with van der Waals surface area (Å²) in [5.74, 6) is 0.487. The monoisotopic (exact) mass is 382 g/mol. The highest BCUT2D eigenvalue weighted by molar-refractivity contribution is 5.92. The van der Waals surface area contributed by atoms with E-state index in [1.807, 2.05) is 11.8 Å². The van der Waals surface area contributed by atoms with E-state index < -0.39 is 0 Å². The molecule has 8 nitrogen and oxygen atoms in total. The van der Waals surface area contributed by atoms with Gasteiger partial charge in [-0.15, -0.1) is 0 Å². The Bertz CT molecular complexity index is 903. The number of amides is 2. The van der Waals surface area contributed by atoms with Gasteiger partial charge in [0.2, 0.25) is 5.91 Å². The minimum atomic E-state index is -0.380. The zero-order valence-electron chi connectivity index (χ0n) is 16.2. The first-order valence-corrected chi connectivity index (χ1v) is 10.3. The second-order valence-electron chi connectivity index (χ2n) is 8.10. The van der Waals surface area contributed by atoms with Gasteiger partial charge in [-0.05, 0) is 38.7 Å². The maximum atomic E-state index is 13.0. The van der Waals surface area contributed by atoms with Crippen molar-refractivity contribution >= 4 is 11.8 Å². The predicted octanol–water partition coefficient (Wildman–Crippen LogP) is 1.55. The van der Waals surface area contributed by atoms with Gasteiger partial charge < -0.3 is 14.8 Å². The van der Waals surface area contributed by atoms with Crippen LogP contribution in [0.15, 0.2) is 18.6 Å². The number of aromatic amines is 1. The summed E-state index contributed by atoms with van der Waals surface area (Å²) < 4.78 is 1.74. The standard InChI is InChI=1S/C20H26N6O2/c1-2-26-16(5-9-23-26)19(28)24-11-7-20(8-12-24)17-15(21-13-22-17)6-10-25(20)18(27)14-3-4-14/h5,9,13-14H,2-4,6-8,10-12H2,1H3,(H,21,22). The highest BCUT2D eigenvalue weighted by Crippen LogP contribution is 2.45. The summed E-state index contributed by atoms with van der Waals surface area (Å²) >= 11 is 0. The molecular weight excluding hydrogens is 356 g/mol. The SMILES string of the molecule is CCn1nccc1C(=O)N1CCC2(CC1)c1nc[nH]c1CCN2C(=O)C1CC1. The molecule has 1 saturated carbocycles. The molecule has 1 spiro atoms. The minimum Gasteiger partial charge on any atom is -0.348 e. The van der Waals surface area contributed by atoms with Crippen LogP contribution in [-0.4, -0.2) is 61.0 Å². The fourth-order valence-electron chi connectivity index (χ4n) is 4.86. The van der Waals surface area contributed by atoms with Crippen LogP contribution in [0.25, 0.3) is 0 Å². The van der Waals surface area contributed by atoms with Crippen molar-refractivity contribution in [2.75, 3.05) is 19.6 Å². The first-order valence-electron chi connectivity index (χ1n) is 10.3. The molecule has 28 heavy (non-hydrogen) atoms. The number of likely N-dealkylation sites (tertiary alicyclic amines) is 1. The number of carbonyl (C=O) groups is 2. The molecule has 2 amide bonds. The summed E-state index contributed by atoms with van der Waals surface area (Å²) in [6.45, 7) is 4.63. The maximum Gasteiger partial charge on any atom is 0.272 e. The first kappa shape index (κ1) is 17.5. The molecule has 0 atom stereocenters. The molecule has 2 aromatic rings. The van der Waals surface area contributed by atoms with E-state index in [0.29, 0.717) is 25.3 Å². The summed E-state index contributed by atoms with van der Waals surface area (Å²) in [6, 6.07) is 1.78. The lowest BCUT2D eigenvalue weighted by Crippen LogP contribution is -2.59. The van der Waals surface area contributed by atoms with Gasteiger partial charge in [-0.1, -0.05) is 0 Å². The molecular formula is C20H26N6O2. The van der Waals surface area contributed by atoms with Crippen LogP contribution in [0.3, 0.4) is 0 Å². The first-order chi connectivity index (χ1) is 13.6. The lowest BCUT2D eigenvalue weighted by Gasteiger charge is -2.50. The number of fused-ring (bicyclic) bond motifs is 2. The van der Waals surface area contributed by atoms with Gasteiger partial charge in [-0.2, -0.15) is 5.10 Å². The van der Waals surface area contributed by atoms with Gasteiger partial charge in [-0.3, -0.25) is 14.3 Å². The normalized spacial score (nSPS) is 21.0. The van der Waals surface area contributed by atoms with E-state index in [9.17, 15) is 9.59 Å². The van der Waals surface area contributed by atoms with Crippen LogP contribution in [0, 0.1) is 5.92 Å². The number of aromatic nitrogens is 4. The number of piperidine rings is 1. The second kappa shape index (κ2) is 6.46. The van der Waals surface area contributed by atoms with Crippen LogP contribution in [0.4, 0.5) is 0 Å². The van der Waals surface area contributed by atoms with Gasteiger partial charge in [0.15, 0.2) is 0 Å². The maximum absolute atomic E-state index is 13.0. The quantitative estimate of drug-likeness (QED) is 0.873. The summed E-state index contributed by atoms with van der Waals surface area (Å²) in [6.07, 6.45) is 7.72. The molecule has 0 unspecified atom stereocenters. The lowest BCUT2D eigenvalue weighted by molar-refractivity contribution is -0.143. The van der Waals surface area contributed by atoms with Crippen molar-refractivity contribution in [2.24, 2.45) is 5.92 Å². The summed E-state index contributed by atoms with van der Waals surface area (Å²) in [4.78, 5) is 37.9. The van der Waals surface area contributed by atoms with Gasteiger partial charge in [0.05, 0.1) is 17.6 Å². The Morgan fingerprint density at radius 3 is 2.75 bits per heavy atom. The Labute approximate surface area is 163 Å². The van der Waals surface area contributed by atoms with Gasteiger partial charge in [0.1, 0.15) is 5.69 Å². The van der Waals surface area contributed by atoms with Crippen LogP contribution in [-0.2, 0) is 23.3 Å². The van der Waals surface area contributed by atoms with Crippen molar-refractivity contribution in [1.82, 2.24) is 29.5 Å². The summed E-state index contributed by atoms with van der Waals surface area (Å²) in [5.41, 5.74) is 2.41. The topological polar surface area (TPSA) is 87.1 Å². The highest BCUT2D eigenvalue weighted by atomic mass is 16.2. The van der Waals surface area contributed by atoms with Crippen LogP contribution >= 0.6 is 0 Å². The largest absolute Gasteiger partial charge is 0.348 e. The van der Waals surface area contributed by atoms with Crippen molar-refractivity contribution in [3.63, 3.8) is 0 Å². The van der Waals surface area contributed by atoms with Crippen LogP contribution < -0.4 is 0 Å². The molecule has 2 aromatic heterocycles. The number of imidazole rings is 1. The Kier molecular flexibility index (Phi) is 4.03. The minimum absolute atomic E-state index is 0.0207. The van der Waals surface area contributed by atoms with Crippen LogP contribution in [0.1, 0.15) is 54.5 Å². The third-order valence-corrected chi connectivity index (χ3v) is 6.57. The molecule has 2 aliphatic heterocycles. The molecule has 0 aromatic carbocycles. The average molecular weight is 382 g/mol. The fourth-order valence-corrected chi connectivity index (χ4v) is 4.86. The van der Waals surface area contributed by atoms with Crippen LogP contribution in [0.2, 0.25) is 0 Å². The molecule has 8 heteroatoms. The molecule has 1 saturated heterocycles. The molecule has 4 heterocycles. The van der Waals surface area contributed by atoms with E-state index in [-0.39, 0.29) is 23.3 Å². The zero-order chi connectivity index (χ0) is 19.3. The molecule has 0 radical (unpaired) electrons. The molecule has 1 N–H and O–H groups in total. The second-order valence-corrected chi connectivity index (χ2v) is 8.10. The van der Waals surface area contributed by atoms with Gasteiger partial charge >= 0.3 is 0 Å². The van der Waals surface area contributed by atoms with Crippen molar-refractivity contribution in [1.29, 1.82) is 0 Å². The molecule has 5 rings (SSSR count). The van der Waals surface area contributed by atoms with Gasteiger partial charge in [-0.25, -0.2) is 4.98 Å². The number of rotatable bonds is 3. The van der Waals surface area contributed by atoms with E-state index in [4.69, 9.17) is 0 Å². The lowest BCUT2D eigenvalue weighted by atomic mass is 9.78. The molecule has 148 valence electrons. The molecule has 0 bridgehead atoms. The van der Waals surface area contributed by atoms with E-state index in [1.54, 1.807) is 23.3 Å². The summed E-state index contributed by atoms with van der Waals surface area (Å²) in [7, 11) is 0. The van der Waals surface area contributed by atoms with Gasteiger partial charge in [0.25, 0.3) is 5.91 Å². The van der Waals surface area contributed by atoms with E-state index in [1.165, 1.54) is 0 Å². The number of aryl methyl sites for hydroxylation is 1. The Balaban J connectivity index is 1.41.